The third-order valence-electron chi connectivity index (χ3n) is 0.617. The van der Waals surface area contributed by atoms with Gasteiger partial charge in [0.05, 0.1) is 0 Å². The van der Waals surface area contributed by atoms with Crippen LogP contribution in [0.2, 0.25) is 0 Å². The Kier molecular flexibility index (Phi) is 0.502. The van der Waals surface area contributed by atoms with Gasteiger partial charge in [0, 0.05) is 13.0 Å². The Bertz CT molecular complexity index is 89.7. The van der Waals surface area contributed by atoms with Gasteiger partial charge in [-0.3, -0.25) is 6.26 Å². The number of hydrogen-bond donors (Lipinski definition) is 1. The largest absolute Gasteiger partial charge is 0.690 e. The first-order chi connectivity index (χ1) is 3.43. The van der Waals surface area contributed by atoms with E-state index in [1.165, 1.54) is 0 Å². The van der Waals surface area contributed by atoms with E-state index >= 15 is 0 Å². The molecule has 0 fully saturated rings. The third kappa shape index (κ3) is 0.455. The molecule has 0 saturated heterocycles. The Morgan fingerprint density at radius 1 is 2.17 bits per heavy atom. The minimum atomic E-state index is 0.486. The van der Waals surface area contributed by atoms with Crippen molar-refractivity contribution in [3.8, 4) is 0 Å². The van der Waals surface area contributed by atoms with Crippen LogP contribution in [0.15, 0.2) is 5.76 Å². The zero-order valence-electron chi connectivity index (χ0n) is 4.23. The van der Waals surface area contributed by atoms with Crippen LogP contribution in [0.25, 0.3) is 1.43 Å². The Labute approximate surface area is 37.5 Å². The number of rotatable bonds is 1. The molecule has 0 bridgehead atoms. The van der Waals surface area contributed by atoms with E-state index < -0.39 is 0 Å². The van der Waals surface area contributed by atoms with Crippen molar-refractivity contribution in [1.82, 2.24) is 0 Å². The maximum atomic E-state index is 6.32. The van der Waals surface area contributed by atoms with Gasteiger partial charge in [-0.1, -0.05) is 0 Å². The minimum absolute atomic E-state index is 0.486. The van der Waals surface area contributed by atoms with Crippen molar-refractivity contribution in [2.24, 2.45) is 0 Å². The second kappa shape index (κ2) is 1.20. The summed E-state index contributed by atoms with van der Waals surface area (Å²) in [7, 11) is 0. The van der Waals surface area contributed by atoms with Crippen molar-refractivity contribution < 1.29 is 9.85 Å². The lowest BCUT2D eigenvalue weighted by Crippen LogP contribution is -1.74. The summed E-state index contributed by atoms with van der Waals surface area (Å²) < 4.78 is 10.9. The van der Waals surface area contributed by atoms with Crippen LogP contribution in [0.4, 0.5) is 0 Å². The molecule has 1 heterocycles. The molecule has 0 spiro atoms. The van der Waals surface area contributed by atoms with E-state index in [2.05, 4.69) is 16.1 Å². The smallest absolute Gasteiger partial charge is 0.288 e. The van der Waals surface area contributed by atoms with Gasteiger partial charge in [-0.25, -0.2) is 0 Å². The summed E-state index contributed by atoms with van der Waals surface area (Å²) in [4.78, 5) is 0. The van der Waals surface area contributed by atoms with Gasteiger partial charge in [0.2, 0.25) is 0 Å². The molecule has 0 aromatic rings. The van der Waals surface area contributed by atoms with Crippen molar-refractivity contribution in [3.63, 3.8) is 0 Å². The number of aliphatic hydroxyl groups is 1. The van der Waals surface area contributed by atoms with Gasteiger partial charge in [-0.15, -0.1) is 0 Å². The fraction of sp³-hybridized carbons (Fsp3) is 0.500. The van der Waals surface area contributed by atoms with Crippen molar-refractivity contribution in [2.45, 2.75) is 6.42 Å². The van der Waals surface area contributed by atoms with Gasteiger partial charge < -0.3 is 9.85 Å². The molecule has 0 unspecified atom stereocenters. The van der Waals surface area contributed by atoms with Gasteiger partial charge in [-0.05, 0) is 5.76 Å². The monoisotopic (exact) mass is 86.0 g/mol. The average Bonchev–Trinajstić information content (AvgIpc) is 2.14. The first kappa shape index (κ1) is 2.50. The Hall–Kier alpha value is -0.660. The maximum absolute atomic E-state index is 6.32. The van der Waals surface area contributed by atoms with Crippen LogP contribution in [0, 0.1) is 6.26 Å². The molecule has 1 aliphatic rings. The molecule has 0 aromatic carbocycles. The zero-order valence-corrected chi connectivity index (χ0v) is 3.23. The molecule has 34 valence electrons. The van der Waals surface area contributed by atoms with Gasteiger partial charge in [0.25, 0.3) is 1.43 Å². The molecule has 0 saturated carbocycles. The van der Waals surface area contributed by atoms with Gasteiger partial charge >= 0.3 is 0 Å². The molecule has 1 aliphatic heterocycles. The standard InChI is InChI=1S/C4H5O2/c5-4-1-2-6-3-4/h5H,1-2H2/q-1/i/hD. The summed E-state index contributed by atoms with van der Waals surface area (Å²) in [5.41, 5.74) is 0. The van der Waals surface area contributed by atoms with E-state index in [0.29, 0.717) is 18.8 Å². The van der Waals surface area contributed by atoms with Crippen LogP contribution < -0.4 is 0 Å². The molecule has 2 heteroatoms. The Morgan fingerprint density at radius 2 is 3.17 bits per heavy atom. The summed E-state index contributed by atoms with van der Waals surface area (Å²) in [5, 5.41) is 4.04. The lowest BCUT2D eigenvalue weighted by Gasteiger charge is -1.96. The van der Waals surface area contributed by atoms with E-state index in [4.69, 9.17) is 1.43 Å². The van der Waals surface area contributed by atoms with Crippen molar-refractivity contribution in [3.05, 3.63) is 12.0 Å². The quantitative estimate of drug-likeness (QED) is 0.474. The summed E-state index contributed by atoms with van der Waals surface area (Å²) in [6, 6.07) is 0. The first-order valence-corrected chi connectivity index (χ1v) is 1.80. The molecule has 1 N–H and O–H groups in total. The van der Waals surface area contributed by atoms with E-state index in [-0.39, 0.29) is 0 Å². The van der Waals surface area contributed by atoms with Crippen LogP contribution in [0.5, 0.6) is 0 Å². The second-order valence-electron chi connectivity index (χ2n) is 1.12. The SMILES string of the molecule is [2H]OC1=[C-]OCC1. The zero-order chi connectivity index (χ0) is 5.11. The van der Waals surface area contributed by atoms with Crippen molar-refractivity contribution >= 4 is 0 Å². The Morgan fingerprint density at radius 3 is 3.50 bits per heavy atom. The molecule has 6 heavy (non-hydrogen) atoms. The highest BCUT2D eigenvalue weighted by atomic mass is 16.5. The number of aliphatic hydroxyl groups excluding tert-OH is 1. The van der Waals surface area contributed by atoms with Crippen LogP contribution in [0.3, 0.4) is 0 Å². The van der Waals surface area contributed by atoms with Crippen LogP contribution >= 0.6 is 0 Å². The number of ether oxygens (including phenoxy) is 1. The maximum Gasteiger partial charge on any atom is 0.288 e. The molecule has 0 aromatic heterocycles. The lowest BCUT2D eigenvalue weighted by molar-refractivity contribution is 0.261. The minimum Gasteiger partial charge on any atom is -0.690 e. The molecule has 0 aliphatic carbocycles. The van der Waals surface area contributed by atoms with E-state index in [1.807, 2.05) is 0 Å². The first-order valence-electron chi connectivity index (χ1n) is 2.21. The normalized spacial score (nSPS) is 21.3. The predicted molar refractivity (Wildman–Crippen MR) is 20.0 cm³/mol. The van der Waals surface area contributed by atoms with Crippen molar-refractivity contribution in [2.75, 3.05) is 6.61 Å². The highest BCUT2D eigenvalue weighted by Crippen LogP contribution is 2.02. The van der Waals surface area contributed by atoms with Crippen LogP contribution in [0.1, 0.15) is 6.42 Å². The lowest BCUT2D eigenvalue weighted by atomic mass is 10.4. The highest BCUT2D eigenvalue weighted by molar-refractivity contribution is 4.83. The third-order valence-corrected chi connectivity index (χ3v) is 0.617. The van der Waals surface area contributed by atoms with Gasteiger partial charge in [0.15, 0.2) is 0 Å². The van der Waals surface area contributed by atoms with Crippen molar-refractivity contribution in [1.29, 1.82) is 1.43 Å². The van der Waals surface area contributed by atoms with E-state index in [1.54, 1.807) is 0 Å². The van der Waals surface area contributed by atoms with E-state index in [9.17, 15) is 0 Å². The molecular weight excluding hydrogens is 80.0 g/mol. The molecule has 0 radical (unpaired) electrons. The number of hydrogen-bond acceptors (Lipinski definition) is 2. The highest BCUT2D eigenvalue weighted by Gasteiger charge is 1.85. The molecular formula is C4H5O2-. The average molecular weight is 86.1 g/mol. The summed E-state index contributed by atoms with van der Waals surface area (Å²) >= 11 is 0. The van der Waals surface area contributed by atoms with Gasteiger partial charge in [-0.2, -0.15) is 0 Å². The predicted octanol–water partition coefficient (Wildman–Crippen LogP) is 0.609. The second-order valence-corrected chi connectivity index (χ2v) is 1.12. The summed E-state index contributed by atoms with van der Waals surface area (Å²) in [6.45, 7) is 0.605. The molecule has 2 nitrogen and oxygen atoms in total. The fourth-order valence-corrected chi connectivity index (χ4v) is 0.326. The summed E-state index contributed by atoms with van der Waals surface area (Å²) in [5.74, 6) is 0.486. The topological polar surface area (TPSA) is 29.5 Å². The van der Waals surface area contributed by atoms with Crippen LogP contribution in [-0.4, -0.2) is 11.7 Å². The molecule has 0 amide bonds. The molecule has 1 rings (SSSR count). The molecule has 0 atom stereocenters. The Balaban J connectivity index is 2.36. The van der Waals surface area contributed by atoms with Gasteiger partial charge in [0.1, 0.15) is 0 Å². The summed E-state index contributed by atoms with van der Waals surface area (Å²) in [6.07, 6.45) is 3.10. The fourth-order valence-electron chi connectivity index (χ4n) is 0.326. The van der Waals surface area contributed by atoms with Crippen LogP contribution in [-0.2, 0) is 4.74 Å². The van der Waals surface area contributed by atoms with E-state index in [0.717, 1.165) is 0 Å².